The lowest BCUT2D eigenvalue weighted by Crippen LogP contribution is -2.32. The molecule has 0 unspecified atom stereocenters. The molecule has 1 aliphatic rings. The summed E-state index contributed by atoms with van der Waals surface area (Å²) in [6.07, 6.45) is 4.48. The van der Waals surface area contributed by atoms with Gasteiger partial charge in [0, 0.05) is 25.1 Å². The molecule has 2 aromatic rings. The van der Waals surface area contributed by atoms with Gasteiger partial charge in [-0.3, -0.25) is 9.13 Å². The van der Waals surface area contributed by atoms with Gasteiger partial charge in [0.15, 0.2) is 0 Å². The molecule has 27 heavy (non-hydrogen) atoms. The summed E-state index contributed by atoms with van der Waals surface area (Å²) in [5.74, 6) is 1.84. The first-order valence-corrected chi connectivity index (χ1v) is 11.7. The maximum Gasteiger partial charge on any atom is 0.328 e. The summed E-state index contributed by atoms with van der Waals surface area (Å²) in [6.45, 7) is 4.99. The van der Waals surface area contributed by atoms with E-state index in [1.807, 2.05) is 0 Å². The van der Waals surface area contributed by atoms with Crippen LogP contribution in [0.25, 0.3) is 11.0 Å². The summed E-state index contributed by atoms with van der Waals surface area (Å²) in [7, 11) is -0.328. The van der Waals surface area contributed by atoms with Crippen LogP contribution in [0.3, 0.4) is 0 Å². The van der Waals surface area contributed by atoms with Crippen LogP contribution in [0.2, 0.25) is 0 Å². The van der Waals surface area contributed by atoms with Gasteiger partial charge < -0.3 is 0 Å². The molecule has 0 spiro atoms. The molecule has 8 heteroatoms. The Kier molecular flexibility index (Phi) is 5.89. The van der Waals surface area contributed by atoms with E-state index >= 15 is 0 Å². The number of sulfonamides is 1. The molecule has 1 aliphatic carbocycles. The predicted molar refractivity (Wildman–Crippen MR) is 111 cm³/mol. The molecule has 1 fully saturated rings. The maximum absolute atomic E-state index is 12.9. The zero-order chi connectivity index (χ0) is 19.9. The van der Waals surface area contributed by atoms with E-state index in [0.29, 0.717) is 33.9 Å². The molecule has 150 valence electrons. The number of nitrogens with zero attached hydrogens (tertiary/aromatic N) is 2. The zero-order valence-electron chi connectivity index (χ0n) is 16.3. The van der Waals surface area contributed by atoms with Crippen molar-refractivity contribution in [2.75, 3.05) is 6.54 Å². The molecule has 0 radical (unpaired) electrons. The molecular weight excluding hydrogens is 430 g/mol. The largest absolute Gasteiger partial charge is 0.328 e. The van der Waals surface area contributed by atoms with E-state index in [0.717, 1.165) is 18.8 Å². The van der Waals surface area contributed by atoms with Gasteiger partial charge >= 0.3 is 5.69 Å². The molecule has 3 rings (SSSR count). The van der Waals surface area contributed by atoms with Crippen LogP contribution in [-0.4, -0.2) is 24.1 Å². The van der Waals surface area contributed by atoms with E-state index in [1.165, 1.54) is 22.0 Å². The Morgan fingerprint density at radius 2 is 1.67 bits per heavy atom. The number of benzene rings is 1. The van der Waals surface area contributed by atoms with Gasteiger partial charge in [-0.15, -0.1) is 0 Å². The molecule has 1 heterocycles. The third-order valence-electron chi connectivity index (χ3n) is 6.01. The van der Waals surface area contributed by atoms with Crippen LogP contribution < -0.4 is 10.4 Å². The van der Waals surface area contributed by atoms with Crippen LogP contribution in [0.1, 0.15) is 39.5 Å². The molecule has 1 N–H and O–H groups in total. The molecule has 1 aromatic carbocycles. The molecule has 0 amide bonds. The van der Waals surface area contributed by atoms with Crippen molar-refractivity contribution in [3.63, 3.8) is 0 Å². The minimum atomic E-state index is -3.65. The fraction of sp³-hybridized carbons (Fsp3) is 0.632. The standard InChI is InChI=1S/C19H28BrN3O3S/c1-12(2)14-7-5-13(6-8-14)11-21-27(25,26)18-10-17-16(9-15(18)20)22(3)19(24)23(17)4/h9-10,12-14,21H,5-8,11H2,1-4H3. The van der Waals surface area contributed by atoms with Gasteiger partial charge in [0.05, 0.1) is 15.9 Å². The Morgan fingerprint density at radius 3 is 2.22 bits per heavy atom. The van der Waals surface area contributed by atoms with Crippen molar-refractivity contribution in [1.82, 2.24) is 13.9 Å². The number of fused-ring (bicyclic) bond motifs is 1. The first-order chi connectivity index (χ1) is 12.6. The predicted octanol–water partition coefficient (Wildman–Crippen LogP) is 3.38. The van der Waals surface area contributed by atoms with Gasteiger partial charge in [-0.1, -0.05) is 13.8 Å². The van der Waals surface area contributed by atoms with Crippen LogP contribution in [0.4, 0.5) is 0 Å². The van der Waals surface area contributed by atoms with Crippen molar-refractivity contribution in [2.45, 2.75) is 44.4 Å². The summed E-state index contributed by atoms with van der Waals surface area (Å²) in [4.78, 5) is 12.3. The molecule has 0 aliphatic heterocycles. The van der Waals surface area contributed by atoms with Crippen molar-refractivity contribution >= 4 is 37.0 Å². The molecule has 0 saturated heterocycles. The Hall–Kier alpha value is -1.12. The van der Waals surface area contributed by atoms with Crippen LogP contribution in [0, 0.1) is 17.8 Å². The van der Waals surface area contributed by atoms with Crippen molar-refractivity contribution in [3.05, 3.63) is 27.1 Å². The summed E-state index contributed by atoms with van der Waals surface area (Å²) >= 11 is 3.37. The molecule has 6 nitrogen and oxygen atoms in total. The second-order valence-corrected chi connectivity index (χ2v) is 10.6. The summed E-state index contributed by atoms with van der Waals surface area (Å²) in [5, 5.41) is 0. The fourth-order valence-electron chi connectivity index (χ4n) is 4.07. The highest BCUT2D eigenvalue weighted by Crippen LogP contribution is 2.33. The summed E-state index contributed by atoms with van der Waals surface area (Å²) in [5.41, 5.74) is 1.12. The fourth-order valence-corrected chi connectivity index (χ4v) is 6.23. The first kappa shape index (κ1) is 20.6. The second kappa shape index (κ2) is 7.72. The van der Waals surface area contributed by atoms with Gasteiger partial charge in [-0.05, 0) is 71.5 Å². The van der Waals surface area contributed by atoms with E-state index < -0.39 is 10.0 Å². The number of hydrogen-bond acceptors (Lipinski definition) is 3. The summed E-state index contributed by atoms with van der Waals surface area (Å²) < 4.78 is 32.0. The second-order valence-electron chi connectivity index (χ2n) is 8.05. The number of imidazole rings is 1. The topological polar surface area (TPSA) is 73.1 Å². The van der Waals surface area contributed by atoms with E-state index in [4.69, 9.17) is 0 Å². The summed E-state index contributed by atoms with van der Waals surface area (Å²) in [6, 6.07) is 3.26. The van der Waals surface area contributed by atoms with E-state index in [-0.39, 0.29) is 10.6 Å². The molecule has 1 aromatic heterocycles. The lowest BCUT2D eigenvalue weighted by Gasteiger charge is -2.30. The number of aryl methyl sites for hydroxylation is 2. The highest BCUT2D eigenvalue weighted by atomic mass is 79.9. The van der Waals surface area contributed by atoms with Crippen LogP contribution in [-0.2, 0) is 24.1 Å². The molecular formula is C19H28BrN3O3S. The molecule has 1 saturated carbocycles. The maximum atomic E-state index is 12.9. The van der Waals surface area contributed by atoms with Crippen LogP contribution >= 0.6 is 15.9 Å². The monoisotopic (exact) mass is 457 g/mol. The van der Waals surface area contributed by atoms with Gasteiger partial charge in [-0.2, -0.15) is 0 Å². The Labute approximate surface area is 169 Å². The van der Waals surface area contributed by atoms with Crippen LogP contribution in [0.15, 0.2) is 26.3 Å². The third kappa shape index (κ3) is 4.03. The van der Waals surface area contributed by atoms with E-state index in [9.17, 15) is 13.2 Å². The van der Waals surface area contributed by atoms with Gasteiger partial charge in [0.1, 0.15) is 0 Å². The zero-order valence-corrected chi connectivity index (χ0v) is 18.7. The van der Waals surface area contributed by atoms with Crippen molar-refractivity contribution < 1.29 is 8.42 Å². The lowest BCUT2D eigenvalue weighted by atomic mass is 9.77. The van der Waals surface area contributed by atoms with E-state index in [2.05, 4.69) is 34.5 Å². The molecule has 0 bridgehead atoms. The number of rotatable bonds is 5. The normalized spacial score (nSPS) is 21.3. The minimum absolute atomic E-state index is 0.173. The number of nitrogens with one attached hydrogen (secondary N) is 1. The van der Waals surface area contributed by atoms with Crippen molar-refractivity contribution in [2.24, 2.45) is 31.8 Å². The van der Waals surface area contributed by atoms with Crippen LogP contribution in [0.5, 0.6) is 0 Å². The SMILES string of the molecule is CC(C)C1CCC(CNS(=O)(=O)c2cc3c(cc2Br)n(C)c(=O)n3C)CC1. The van der Waals surface area contributed by atoms with Crippen molar-refractivity contribution in [1.29, 1.82) is 0 Å². The third-order valence-corrected chi connectivity index (χ3v) is 8.39. The Balaban J connectivity index is 1.78. The average molecular weight is 458 g/mol. The Bertz CT molecular complexity index is 999. The minimum Gasteiger partial charge on any atom is -0.295 e. The smallest absolute Gasteiger partial charge is 0.295 e. The quantitative estimate of drug-likeness (QED) is 0.747. The average Bonchev–Trinajstić information content (AvgIpc) is 2.83. The lowest BCUT2D eigenvalue weighted by molar-refractivity contribution is 0.225. The van der Waals surface area contributed by atoms with Gasteiger partial charge in [0.25, 0.3) is 0 Å². The van der Waals surface area contributed by atoms with E-state index in [1.54, 1.807) is 26.2 Å². The number of hydrogen-bond donors (Lipinski definition) is 1. The van der Waals surface area contributed by atoms with Crippen molar-refractivity contribution in [3.8, 4) is 0 Å². The van der Waals surface area contributed by atoms with Gasteiger partial charge in [-0.25, -0.2) is 17.9 Å². The first-order valence-electron chi connectivity index (χ1n) is 9.46. The Morgan fingerprint density at radius 1 is 1.11 bits per heavy atom. The molecule has 0 atom stereocenters. The highest BCUT2D eigenvalue weighted by molar-refractivity contribution is 9.10. The number of aromatic nitrogens is 2. The highest BCUT2D eigenvalue weighted by Gasteiger charge is 2.26. The number of halogens is 1. The van der Waals surface area contributed by atoms with Gasteiger partial charge in [0.2, 0.25) is 10.0 Å².